The molecule has 1 aromatic carbocycles. The number of nitrogens with one attached hydrogen (secondary N) is 1. The molecule has 0 saturated heterocycles. The average Bonchev–Trinajstić information content (AvgIpc) is 2.93. The molecule has 3 N–H and O–H groups in total. The fourth-order valence-corrected chi connectivity index (χ4v) is 2.57. The lowest BCUT2D eigenvalue weighted by Crippen LogP contribution is -2.35. The number of imidazole rings is 1. The van der Waals surface area contributed by atoms with Gasteiger partial charge in [-0.15, -0.1) is 0 Å². The SMILES string of the molecule is CCCCc1ccc2nc([C@@H](N)[C@@H](C)C(=O)N(C)C)[nH]c2c1. The fraction of sp³-hybridized carbons (Fsp3) is 0.529. The Hall–Kier alpha value is -1.88. The number of aromatic nitrogens is 2. The number of fused-ring (bicyclic) bond motifs is 1. The van der Waals surface area contributed by atoms with Crippen LogP contribution in [0.25, 0.3) is 11.0 Å². The van der Waals surface area contributed by atoms with E-state index in [1.165, 1.54) is 18.4 Å². The Balaban J connectivity index is 2.23. The Bertz CT molecular complexity index is 647. The largest absolute Gasteiger partial charge is 0.349 e. The molecule has 0 fully saturated rings. The zero-order valence-electron chi connectivity index (χ0n) is 13.9. The third kappa shape index (κ3) is 3.47. The highest BCUT2D eigenvalue weighted by atomic mass is 16.2. The molecule has 0 radical (unpaired) electrons. The third-order valence-corrected chi connectivity index (χ3v) is 4.07. The summed E-state index contributed by atoms with van der Waals surface area (Å²) in [6.07, 6.45) is 3.43. The lowest BCUT2D eigenvalue weighted by molar-refractivity contribution is -0.133. The molecule has 0 aliphatic carbocycles. The van der Waals surface area contributed by atoms with Crippen LogP contribution < -0.4 is 5.73 Å². The molecule has 1 aromatic heterocycles. The Kier molecular flexibility index (Phi) is 5.19. The second-order valence-corrected chi connectivity index (χ2v) is 6.12. The van der Waals surface area contributed by atoms with Crippen LogP contribution in [0.4, 0.5) is 0 Å². The van der Waals surface area contributed by atoms with Gasteiger partial charge < -0.3 is 15.6 Å². The van der Waals surface area contributed by atoms with Gasteiger partial charge in [0, 0.05) is 14.1 Å². The number of nitrogens with zero attached hydrogens (tertiary/aromatic N) is 2. The summed E-state index contributed by atoms with van der Waals surface area (Å²) in [4.78, 5) is 21.4. The van der Waals surface area contributed by atoms with Gasteiger partial charge in [0.1, 0.15) is 5.82 Å². The molecular weight excluding hydrogens is 276 g/mol. The van der Waals surface area contributed by atoms with Crippen molar-refractivity contribution in [3.8, 4) is 0 Å². The molecule has 0 unspecified atom stereocenters. The zero-order chi connectivity index (χ0) is 16.3. The van der Waals surface area contributed by atoms with Crippen molar-refractivity contribution in [3.63, 3.8) is 0 Å². The van der Waals surface area contributed by atoms with Gasteiger partial charge in [-0.3, -0.25) is 4.79 Å². The molecular formula is C17H26N4O. The predicted molar refractivity (Wildman–Crippen MR) is 89.5 cm³/mol. The van der Waals surface area contributed by atoms with E-state index in [2.05, 4.69) is 29.0 Å². The minimum atomic E-state index is -0.429. The van der Waals surface area contributed by atoms with E-state index in [9.17, 15) is 4.79 Å². The maximum Gasteiger partial charge on any atom is 0.226 e. The van der Waals surface area contributed by atoms with E-state index in [-0.39, 0.29) is 11.8 Å². The molecule has 120 valence electrons. The molecule has 2 atom stereocenters. The number of aryl methyl sites for hydroxylation is 1. The van der Waals surface area contributed by atoms with E-state index in [1.807, 2.05) is 13.0 Å². The van der Waals surface area contributed by atoms with Crippen molar-refractivity contribution in [2.45, 2.75) is 39.2 Å². The first kappa shape index (κ1) is 16.5. The summed E-state index contributed by atoms with van der Waals surface area (Å²) in [5.74, 6) is 0.372. The van der Waals surface area contributed by atoms with Gasteiger partial charge in [0.15, 0.2) is 0 Å². The van der Waals surface area contributed by atoms with Crippen LogP contribution in [0, 0.1) is 5.92 Å². The van der Waals surface area contributed by atoms with Crippen molar-refractivity contribution < 1.29 is 4.79 Å². The molecule has 1 amide bonds. The normalized spacial score (nSPS) is 14.0. The third-order valence-electron chi connectivity index (χ3n) is 4.07. The van der Waals surface area contributed by atoms with Crippen molar-refractivity contribution in [2.24, 2.45) is 11.7 Å². The maximum absolute atomic E-state index is 12.0. The van der Waals surface area contributed by atoms with E-state index in [0.29, 0.717) is 5.82 Å². The summed E-state index contributed by atoms with van der Waals surface area (Å²) < 4.78 is 0. The van der Waals surface area contributed by atoms with Crippen LogP contribution in [0.15, 0.2) is 18.2 Å². The van der Waals surface area contributed by atoms with E-state index >= 15 is 0 Å². The van der Waals surface area contributed by atoms with Gasteiger partial charge in [0.2, 0.25) is 5.91 Å². The number of hydrogen-bond donors (Lipinski definition) is 2. The molecule has 0 aliphatic heterocycles. The molecule has 0 bridgehead atoms. The van der Waals surface area contributed by atoms with Crippen LogP contribution in [0.1, 0.15) is 44.1 Å². The number of H-pyrrole nitrogens is 1. The second kappa shape index (κ2) is 6.92. The van der Waals surface area contributed by atoms with Gasteiger partial charge in [-0.1, -0.05) is 26.3 Å². The highest BCUT2D eigenvalue weighted by Gasteiger charge is 2.25. The number of amides is 1. The highest BCUT2D eigenvalue weighted by molar-refractivity contribution is 5.79. The van der Waals surface area contributed by atoms with Crippen molar-refractivity contribution in [1.82, 2.24) is 14.9 Å². The lowest BCUT2D eigenvalue weighted by Gasteiger charge is -2.20. The fourth-order valence-electron chi connectivity index (χ4n) is 2.57. The molecule has 22 heavy (non-hydrogen) atoms. The van der Waals surface area contributed by atoms with E-state index in [4.69, 9.17) is 5.73 Å². The van der Waals surface area contributed by atoms with Crippen molar-refractivity contribution >= 4 is 16.9 Å². The van der Waals surface area contributed by atoms with Crippen LogP contribution in [-0.4, -0.2) is 34.9 Å². The molecule has 0 aliphatic rings. The Morgan fingerprint density at radius 2 is 2.14 bits per heavy atom. The molecule has 2 aromatic rings. The number of carbonyl (C=O) groups is 1. The number of unbranched alkanes of at least 4 members (excludes halogenated alkanes) is 1. The summed E-state index contributed by atoms with van der Waals surface area (Å²) in [7, 11) is 3.48. The number of benzene rings is 1. The van der Waals surface area contributed by atoms with Crippen LogP contribution in [-0.2, 0) is 11.2 Å². The lowest BCUT2D eigenvalue weighted by atomic mass is 10.0. The molecule has 2 rings (SSSR count). The first-order chi connectivity index (χ1) is 10.4. The standard InChI is InChI=1S/C17H26N4O/c1-5-6-7-12-8-9-13-14(10-12)20-16(19-13)15(18)11(2)17(22)21(3)4/h8-11,15H,5-7,18H2,1-4H3,(H,19,20)/t11-,15+/m1/s1. The zero-order valence-corrected chi connectivity index (χ0v) is 13.9. The van der Waals surface area contributed by atoms with Gasteiger partial charge >= 0.3 is 0 Å². The van der Waals surface area contributed by atoms with E-state index in [0.717, 1.165) is 17.5 Å². The quantitative estimate of drug-likeness (QED) is 0.861. The van der Waals surface area contributed by atoms with Gasteiger partial charge in [-0.2, -0.15) is 0 Å². The summed E-state index contributed by atoms with van der Waals surface area (Å²) >= 11 is 0. The predicted octanol–water partition coefficient (Wildman–Crippen LogP) is 2.63. The van der Waals surface area contributed by atoms with Crippen molar-refractivity contribution in [3.05, 3.63) is 29.6 Å². The molecule has 5 nitrogen and oxygen atoms in total. The Morgan fingerprint density at radius 1 is 1.41 bits per heavy atom. The number of aromatic amines is 1. The number of hydrogen-bond acceptors (Lipinski definition) is 3. The molecule has 0 spiro atoms. The average molecular weight is 302 g/mol. The van der Waals surface area contributed by atoms with Crippen LogP contribution in [0.5, 0.6) is 0 Å². The molecule has 5 heteroatoms. The first-order valence-corrected chi connectivity index (χ1v) is 7.89. The second-order valence-electron chi connectivity index (χ2n) is 6.12. The van der Waals surface area contributed by atoms with Crippen molar-refractivity contribution in [1.29, 1.82) is 0 Å². The Morgan fingerprint density at radius 3 is 2.77 bits per heavy atom. The van der Waals surface area contributed by atoms with Gasteiger partial charge in [-0.05, 0) is 30.5 Å². The number of carbonyl (C=O) groups excluding carboxylic acids is 1. The van der Waals surface area contributed by atoms with Crippen LogP contribution in [0.3, 0.4) is 0 Å². The number of nitrogens with two attached hydrogens (primary N) is 1. The minimum Gasteiger partial charge on any atom is -0.349 e. The maximum atomic E-state index is 12.0. The summed E-state index contributed by atoms with van der Waals surface area (Å²) in [5.41, 5.74) is 9.41. The van der Waals surface area contributed by atoms with E-state index < -0.39 is 6.04 Å². The monoisotopic (exact) mass is 302 g/mol. The van der Waals surface area contributed by atoms with Crippen LogP contribution >= 0.6 is 0 Å². The highest BCUT2D eigenvalue weighted by Crippen LogP contribution is 2.22. The topological polar surface area (TPSA) is 75.0 Å². The first-order valence-electron chi connectivity index (χ1n) is 7.89. The Labute approximate surface area is 131 Å². The summed E-state index contributed by atoms with van der Waals surface area (Å²) in [6.45, 7) is 4.03. The van der Waals surface area contributed by atoms with Gasteiger partial charge in [0.25, 0.3) is 0 Å². The molecule has 1 heterocycles. The van der Waals surface area contributed by atoms with Crippen molar-refractivity contribution in [2.75, 3.05) is 14.1 Å². The summed E-state index contributed by atoms with van der Waals surface area (Å²) in [5, 5.41) is 0. The van der Waals surface area contributed by atoms with Crippen LogP contribution in [0.2, 0.25) is 0 Å². The van der Waals surface area contributed by atoms with Gasteiger partial charge in [0.05, 0.1) is 23.0 Å². The summed E-state index contributed by atoms with van der Waals surface area (Å²) in [6, 6.07) is 5.84. The van der Waals surface area contributed by atoms with E-state index in [1.54, 1.807) is 19.0 Å². The minimum absolute atomic E-state index is 0.0107. The molecule has 0 saturated carbocycles. The smallest absolute Gasteiger partial charge is 0.226 e. The van der Waals surface area contributed by atoms with Gasteiger partial charge in [-0.25, -0.2) is 4.98 Å². The number of rotatable bonds is 6.